The third-order valence-corrected chi connectivity index (χ3v) is 4.04. The zero-order valence-corrected chi connectivity index (χ0v) is 13.0. The van der Waals surface area contributed by atoms with Crippen LogP contribution in [0.5, 0.6) is 0 Å². The lowest BCUT2D eigenvalue weighted by atomic mass is 10.1. The lowest BCUT2D eigenvalue weighted by Gasteiger charge is -2.15. The van der Waals surface area contributed by atoms with Crippen LogP contribution < -0.4 is 16.2 Å². The molecule has 2 heterocycles. The van der Waals surface area contributed by atoms with Crippen molar-refractivity contribution in [2.24, 2.45) is 0 Å². The summed E-state index contributed by atoms with van der Waals surface area (Å²) in [4.78, 5) is 9.48. The minimum absolute atomic E-state index is 0.159. The van der Waals surface area contributed by atoms with Crippen LogP contribution in [0, 0.1) is 0 Å². The van der Waals surface area contributed by atoms with E-state index in [1.807, 2.05) is 48.5 Å². The van der Waals surface area contributed by atoms with E-state index in [0.717, 1.165) is 34.5 Å². The summed E-state index contributed by atoms with van der Waals surface area (Å²) in [5.41, 5.74) is 8.45. The van der Waals surface area contributed by atoms with Gasteiger partial charge in [-0.15, -0.1) is 0 Å². The number of aromatic nitrogens is 2. The van der Waals surface area contributed by atoms with Crippen molar-refractivity contribution in [3.63, 3.8) is 0 Å². The van der Waals surface area contributed by atoms with Crippen LogP contribution in [0.3, 0.4) is 0 Å². The zero-order chi connectivity index (χ0) is 15.6. The molecule has 0 amide bonds. The Kier molecular flexibility index (Phi) is 3.65. The minimum Gasteiger partial charge on any atom is -0.353 e. The molecule has 5 heteroatoms. The van der Waals surface area contributed by atoms with E-state index in [9.17, 15) is 0 Å². The molecule has 5 nitrogen and oxygen atoms in total. The van der Waals surface area contributed by atoms with Gasteiger partial charge in [-0.2, -0.15) is 0 Å². The van der Waals surface area contributed by atoms with Gasteiger partial charge in [0.2, 0.25) is 0 Å². The molecule has 1 fully saturated rings. The van der Waals surface area contributed by atoms with Gasteiger partial charge in [0.15, 0.2) is 5.82 Å². The van der Waals surface area contributed by atoms with Crippen molar-refractivity contribution in [1.29, 1.82) is 0 Å². The number of hydrogen-bond acceptors (Lipinski definition) is 5. The number of hydrazine groups is 1. The standard InChI is InChI=1S/C18H19N5/c1-12-11-16(23-22-12)20-18-14-9-5-6-10-15(14)19-17(21-18)13-7-3-2-4-8-13/h2-10,12,16,22-23H,11H2,1H3,(H,19,20,21). The maximum Gasteiger partial charge on any atom is 0.162 e. The number of anilines is 1. The summed E-state index contributed by atoms with van der Waals surface area (Å²) in [6.45, 7) is 2.15. The quantitative estimate of drug-likeness (QED) is 0.694. The molecule has 2 unspecified atom stereocenters. The molecule has 0 bridgehead atoms. The maximum atomic E-state index is 4.77. The maximum absolute atomic E-state index is 4.77. The Morgan fingerprint density at radius 1 is 0.957 bits per heavy atom. The topological polar surface area (TPSA) is 61.9 Å². The van der Waals surface area contributed by atoms with E-state index in [1.54, 1.807) is 0 Å². The van der Waals surface area contributed by atoms with Crippen molar-refractivity contribution in [2.75, 3.05) is 5.32 Å². The monoisotopic (exact) mass is 305 g/mol. The zero-order valence-electron chi connectivity index (χ0n) is 13.0. The molecular formula is C18H19N5. The molecule has 2 atom stereocenters. The largest absolute Gasteiger partial charge is 0.353 e. The predicted molar refractivity (Wildman–Crippen MR) is 92.7 cm³/mol. The van der Waals surface area contributed by atoms with E-state index in [0.29, 0.717) is 6.04 Å². The van der Waals surface area contributed by atoms with Crippen LogP contribution in [-0.4, -0.2) is 22.2 Å². The SMILES string of the molecule is CC1CC(Nc2nc(-c3ccccc3)nc3ccccc23)NN1. The van der Waals surface area contributed by atoms with Gasteiger partial charge >= 0.3 is 0 Å². The van der Waals surface area contributed by atoms with E-state index in [4.69, 9.17) is 9.97 Å². The Labute approximate surface area is 135 Å². The average molecular weight is 305 g/mol. The summed E-state index contributed by atoms with van der Waals surface area (Å²) in [5, 5.41) is 4.54. The molecule has 23 heavy (non-hydrogen) atoms. The number of nitrogens with one attached hydrogen (secondary N) is 3. The highest BCUT2D eigenvalue weighted by Gasteiger charge is 2.21. The highest BCUT2D eigenvalue weighted by Crippen LogP contribution is 2.25. The lowest BCUT2D eigenvalue weighted by molar-refractivity contribution is 0.571. The molecule has 1 aliphatic rings. The van der Waals surface area contributed by atoms with E-state index >= 15 is 0 Å². The molecule has 0 spiro atoms. The van der Waals surface area contributed by atoms with Gasteiger partial charge in [0, 0.05) is 17.0 Å². The molecule has 0 aliphatic carbocycles. The fourth-order valence-electron chi connectivity index (χ4n) is 2.88. The normalized spacial score (nSPS) is 20.7. The summed E-state index contributed by atoms with van der Waals surface area (Å²) in [7, 11) is 0. The molecule has 116 valence electrons. The van der Waals surface area contributed by atoms with Crippen molar-refractivity contribution in [1.82, 2.24) is 20.8 Å². The molecule has 1 aliphatic heterocycles. The van der Waals surface area contributed by atoms with Crippen molar-refractivity contribution in [2.45, 2.75) is 25.6 Å². The molecule has 1 saturated heterocycles. The molecule has 4 rings (SSSR count). The Morgan fingerprint density at radius 2 is 1.74 bits per heavy atom. The summed E-state index contributed by atoms with van der Waals surface area (Å²) in [5.74, 6) is 1.61. The first-order chi connectivity index (χ1) is 11.3. The van der Waals surface area contributed by atoms with Crippen LogP contribution in [0.2, 0.25) is 0 Å². The Balaban J connectivity index is 1.78. The van der Waals surface area contributed by atoms with E-state index < -0.39 is 0 Å². The molecule has 3 N–H and O–H groups in total. The number of para-hydroxylation sites is 1. The van der Waals surface area contributed by atoms with Gasteiger partial charge in [-0.1, -0.05) is 42.5 Å². The fraction of sp³-hybridized carbons (Fsp3) is 0.222. The van der Waals surface area contributed by atoms with E-state index in [2.05, 4.69) is 29.2 Å². The first-order valence-electron chi connectivity index (χ1n) is 7.89. The van der Waals surface area contributed by atoms with E-state index in [-0.39, 0.29) is 6.17 Å². The number of rotatable bonds is 3. The second-order valence-electron chi connectivity index (χ2n) is 5.90. The van der Waals surface area contributed by atoms with Crippen LogP contribution in [0.15, 0.2) is 54.6 Å². The van der Waals surface area contributed by atoms with Crippen LogP contribution in [-0.2, 0) is 0 Å². The molecule has 0 radical (unpaired) electrons. The predicted octanol–water partition coefficient (Wildman–Crippen LogP) is 2.92. The van der Waals surface area contributed by atoms with Crippen molar-refractivity contribution in [3.8, 4) is 11.4 Å². The van der Waals surface area contributed by atoms with Gasteiger partial charge in [-0.25, -0.2) is 15.4 Å². The van der Waals surface area contributed by atoms with Gasteiger partial charge in [0.05, 0.1) is 11.7 Å². The number of fused-ring (bicyclic) bond motifs is 1. The molecule has 1 aromatic heterocycles. The molecule has 2 aromatic carbocycles. The highest BCUT2D eigenvalue weighted by molar-refractivity contribution is 5.90. The van der Waals surface area contributed by atoms with Crippen LogP contribution in [0.25, 0.3) is 22.3 Å². The third-order valence-electron chi connectivity index (χ3n) is 4.04. The molecular weight excluding hydrogens is 286 g/mol. The average Bonchev–Trinajstić information content (AvgIpc) is 3.00. The fourth-order valence-corrected chi connectivity index (χ4v) is 2.88. The number of benzene rings is 2. The third kappa shape index (κ3) is 2.88. The summed E-state index contributed by atoms with van der Waals surface area (Å²) >= 11 is 0. The minimum atomic E-state index is 0.159. The van der Waals surface area contributed by atoms with Crippen LogP contribution in [0.4, 0.5) is 5.82 Å². The van der Waals surface area contributed by atoms with Crippen molar-refractivity contribution >= 4 is 16.7 Å². The first kappa shape index (κ1) is 14.1. The second kappa shape index (κ2) is 5.95. The number of hydrogen-bond donors (Lipinski definition) is 3. The van der Waals surface area contributed by atoms with Gasteiger partial charge in [0.25, 0.3) is 0 Å². The first-order valence-corrected chi connectivity index (χ1v) is 7.89. The molecule has 0 saturated carbocycles. The summed E-state index contributed by atoms with van der Waals surface area (Å²) in [6, 6.07) is 18.6. The lowest BCUT2D eigenvalue weighted by Crippen LogP contribution is -2.36. The summed E-state index contributed by atoms with van der Waals surface area (Å²) < 4.78 is 0. The van der Waals surface area contributed by atoms with Gasteiger partial charge in [-0.3, -0.25) is 5.43 Å². The van der Waals surface area contributed by atoms with E-state index in [1.165, 1.54) is 0 Å². The Morgan fingerprint density at radius 3 is 2.52 bits per heavy atom. The summed E-state index contributed by atoms with van der Waals surface area (Å²) in [6.07, 6.45) is 1.16. The second-order valence-corrected chi connectivity index (χ2v) is 5.90. The molecule has 3 aromatic rings. The van der Waals surface area contributed by atoms with Crippen molar-refractivity contribution in [3.05, 3.63) is 54.6 Å². The smallest absolute Gasteiger partial charge is 0.162 e. The van der Waals surface area contributed by atoms with Crippen LogP contribution >= 0.6 is 0 Å². The van der Waals surface area contributed by atoms with Gasteiger partial charge in [-0.05, 0) is 25.5 Å². The number of nitrogens with zero attached hydrogens (tertiary/aromatic N) is 2. The van der Waals surface area contributed by atoms with Crippen molar-refractivity contribution < 1.29 is 0 Å². The Bertz CT molecular complexity index is 818. The highest BCUT2D eigenvalue weighted by atomic mass is 15.5. The Hall–Kier alpha value is -2.50. The van der Waals surface area contributed by atoms with Gasteiger partial charge in [0.1, 0.15) is 5.82 Å². The van der Waals surface area contributed by atoms with Gasteiger partial charge < -0.3 is 5.32 Å². The van der Waals surface area contributed by atoms with Crippen LogP contribution in [0.1, 0.15) is 13.3 Å².